The van der Waals surface area contributed by atoms with Gasteiger partial charge in [-0.15, -0.1) is 10.2 Å². The number of hydrogen-bond donors (Lipinski definition) is 2. The van der Waals surface area contributed by atoms with Crippen LogP contribution in [0.15, 0.2) is 45.4 Å². The van der Waals surface area contributed by atoms with Gasteiger partial charge in [0.15, 0.2) is 5.16 Å². The number of nitrogens with one attached hydrogen (secondary N) is 2. The highest BCUT2D eigenvalue weighted by molar-refractivity contribution is 7.99. The van der Waals surface area contributed by atoms with E-state index in [2.05, 4.69) is 30.2 Å². The number of benzene rings is 1. The Labute approximate surface area is 196 Å². The summed E-state index contributed by atoms with van der Waals surface area (Å²) in [4.78, 5) is 21.2. The summed E-state index contributed by atoms with van der Waals surface area (Å²) >= 11 is 1.23. The van der Waals surface area contributed by atoms with Crippen LogP contribution in [0.3, 0.4) is 0 Å². The topological polar surface area (TPSA) is 131 Å². The Bertz CT molecular complexity index is 1320. The molecule has 10 nitrogen and oxygen atoms in total. The number of carbonyl (C=O) groups is 1. The van der Waals surface area contributed by atoms with E-state index in [9.17, 15) is 13.2 Å². The average molecular weight is 488 g/mol. The van der Waals surface area contributed by atoms with E-state index >= 15 is 0 Å². The highest BCUT2D eigenvalue weighted by Crippen LogP contribution is 2.20. The molecule has 12 heteroatoms. The van der Waals surface area contributed by atoms with E-state index in [4.69, 9.17) is 0 Å². The fourth-order valence-corrected chi connectivity index (χ4v) is 5.45. The van der Waals surface area contributed by atoms with Gasteiger partial charge < -0.3 is 5.32 Å². The van der Waals surface area contributed by atoms with Gasteiger partial charge in [-0.05, 0) is 51.0 Å². The number of hydrogen-bond acceptors (Lipinski definition) is 8. The standard InChI is InChI=1S/C21H25N7O3S2/c1-14-11-15(2)28-20(23-14)25-26-21(28)32-13-19(29)24-16-7-6-8-17(12-16)33(30,31)27-18-9-4-3-5-10-22-18/h6-8,11-12H,3-5,9-10,13H2,1-2H3,(H,22,27)(H,24,29). The van der Waals surface area contributed by atoms with Crippen LogP contribution in [-0.2, 0) is 14.8 Å². The molecule has 0 unspecified atom stereocenters. The summed E-state index contributed by atoms with van der Waals surface area (Å²) in [6.45, 7) is 4.44. The smallest absolute Gasteiger partial charge is 0.262 e. The second-order valence-electron chi connectivity index (χ2n) is 7.77. The van der Waals surface area contributed by atoms with Crippen molar-refractivity contribution in [2.75, 3.05) is 17.6 Å². The fourth-order valence-electron chi connectivity index (χ4n) is 3.53. The summed E-state index contributed by atoms with van der Waals surface area (Å²) in [5.74, 6) is 0.767. The van der Waals surface area contributed by atoms with Crippen LogP contribution in [0.1, 0.15) is 37.1 Å². The molecule has 4 rings (SSSR count). The number of carbonyl (C=O) groups excluding carboxylic acids is 1. The van der Waals surface area contributed by atoms with Gasteiger partial charge in [-0.3, -0.25) is 18.9 Å². The van der Waals surface area contributed by atoms with Crippen molar-refractivity contribution in [3.05, 3.63) is 41.7 Å². The molecule has 1 aromatic carbocycles. The van der Waals surface area contributed by atoms with Crippen molar-refractivity contribution in [2.45, 2.75) is 49.6 Å². The molecule has 2 aromatic heterocycles. The summed E-state index contributed by atoms with van der Waals surface area (Å²) < 4.78 is 29.9. The van der Waals surface area contributed by atoms with Crippen molar-refractivity contribution in [3.8, 4) is 0 Å². The van der Waals surface area contributed by atoms with Crippen LogP contribution in [0.5, 0.6) is 0 Å². The van der Waals surface area contributed by atoms with E-state index in [1.807, 2.05) is 19.9 Å². The van der Waals surface area contributed by atoms with E-state index < -0.39 is 10.0 Å². The van der Waals surface area contributed by atoms with Crippen molar-refractivity contribution in [1.82, 2.24) is 24.3 Å². The minimum Gasteiger partial charge on any atom is -0.325 e. The van der Waals surface area contributed by atoms with Crippen molar-refractivity contribution in [1.29, 1.82) is 0 Å². The molecule has 1 amide bonds. The first kappa shape index (κ1) is 23.2. The van der Waals surface area contributed by atoms with Crippen molar-refractivity contribution in [3.63, 3.8) is 0 Å². The third-order valence-corrected chi connectivity index (χ3v) is 7.36. The lowest BCUT2D eigenvalue weighted by Gasteiger charge is -2.11. The van der Waals surface area contributed by atoms with Crippen LogP contribution < -0.4 is 10.0 Å². The molecule has 0 saturated carbocycles. The Balaban J connectivity index is 1.41. The van der Waals surface area contributed by atoms with Gasteiger partial charge in [0.2, 0.25) is 5.91 Å². The van der Waals surface area contributed by atoms with Crippen LogP contribution in [0, 0.1) is 13.8 Å². The van der Waals surface area contributed by atoms with Gasteiger partial charge in [-0.1, -0.05) is 24.2 Å². The lowest BCUT2D eigenvalue weighted by molar-refractivity contribution is -0.113. The minimum atomic E-state index is -3.78. The van der Waals surface area contributed by atoms with Crippen LogP contribution in [-0.4, -0.2) is 52.0 Å². The van der Waals surface area contributed by atoms with Gasteiger partial charge in [0.1, 0.15) is 5.84 Å². The van der Waals surface area contributed by atoms with Crippen LogP contribution in [0.25, 0.3) is 5.78 Å². The first-order valence-electron chi connectivity index (χ1n) is 10.6. The van der Waals surface area contributed by atoms with Crippen LogP contribution >= 0.6 is 11.8 Å². The average Bonchev–Trinajstić information content (AvgIpc) is 3.00. The maximum Gasteiger partial charge on any atom is 0.262 e. The highest BCUT2D eigenvalue weighted by Gasteiger charge is 2.18. The predicted octanol–water partition coefficient (Wildman–Crippen LogP) is 2.72. The molecule has 2 N–H and O–H groups in total. The Morgan fingerprint density at radius 1 is 1.15 bits per heavy atom. The molecule has 0 spiro atoms. The molecular formula is C21H25N7O3S2. The number of anilines is 1. The molecule has 0 aliphatic carbocycles. The van der Waals surface area contributed by atoms with Crippen molar-refractivity contribution < 1.29 is 13.2 Å². The molecule has 174 valence electrons. The SMILES string of the molecule is Cc1cc(C)n2c(SCC(=O)Nc3cccc(S(=O)(=O)NC4=NCCCCC4)c3)nnc2n1. The summed E-state index contributed by atoms with van der Waals surface area (Å²) in [5.41, 5.74) is 2.16. The normalized spacial score (nSPS) is 14.5. The number of fused-ring (bicyclic) bond motifs is 1. The highest BCUT2D eigenvalue weighted by atomic mass is 32.2. The zero-order valence-electron chi connectivity index (χ0n) is 18.4. The van der Waals surface area contributed by atoms with Gasteiger partial charge in [-0.25, -0.2) is 13.4 Å². The monoisotopic (exact) mass is 487 g/mol. The third kappa shape index (κ3) is 5.69. The summed E-state index contributed by atoms with van der Waals surface area (Å²) in [6, 6.07) is 8.08. The second-order valence-corrected chi connectivity index (χ2v) is 10.4. The largest absolute Gasteiger partial charge is 0.325 e. The number of sulfonamides is 1. The third-order valence-electron chi connectivity index (χ3n) is 5.05. The van der Waals surface area contributed by atoms with E-state index in [0.717, 1.165) is 30.7 Å². The Kier molecular flexibility index (Phi) is 6.94. The Hall–Kier alpha value is -2.99. The van der Waals surface area contributed by atoms with Gasteiger partial charge in [0.25, 0.3) is 15.8 Å². The molecule has 1 aliphatic heterocycles. The van der Waals surface area contributed by atoms with E-state index in [0.29, 0.717) is 35.4 Å². The maximum atomic E-state index is 12.8. The van der Waals surface area contributed by atoms with Gasteiger partial charge in [-0.2, -0.15) is 0 Å². The molecule has 33 heavy (non-hydrogen) atoms. The number of nitrogens with zero attached hydrogens (tertiary/aromatic N) is 5. The molecule has 0 radical (unpaired) electrons. The zero-order chi connectivity index (χ0) is 23.4. The van der Waals surface area contributed by atoms with Crippen LogP contribution in [0.4, 0.5) is 5.69 Å². The van der Waals surface area contributed by atoms with Crippen LogP contribution in [0.2, 0.25) is 0 Å². The van der Waals surface area contributed by atoms with Gasteiger partial charge >= 0.3 is 0 Å². The quantitative estimate of drug-likeness (QED) is 0.511. The lowest BCUT2D eigenvalue weighted by atomic mass is 10.2. The number of amides is 1. The molecule has 0 atom stereocenters. The summed E-state index contributed by atoms with van der Waals surface area (Å²) in [6.07, 6.45) is 3.52. The fraction of sp³-hybridized carbons (Fsp3) is 0.381. The molecule has 0 fully saturated rings. The molecule has 3 heterocycles. The number of aliphatic imine (C=N–C) groups is 1. The zero-order valence-corrected chi connectivity index (χ0v) is 20.0. The Morgan fingerprint density at radius 2 is 2.00 bits per heavy atom. The summed E-state index contributed by atoms with van der Waals surface area (Å²) in [7, 11) is -3.78. The van der Waals surface area contributed by atoms with Gasteiger partial charge in [0.05, 0.1) is 10.6 Å². The first-order valence-corrected chi connectivity index (χ1v) is 13.1. The number of aryl methyl sites for hydroxylation is 2. The minimum absolute atomic E-state index is 0.0698. The maximum absolute atomic E-state index is 12.8. The lowest BCUT2D eigenvalue weighted by Crippen LogP contribution is -2.30. The molecule has 0 saturated heterocycles. The molecule has 0 bridgehead atoms. The molecule has 3 aromatic rings. The van der Waals surface area contributed by atoms with E-state index in [1.165, 1.54) is 23.9 Å². The summed E-state index contributed by atoms with van der Waals surface area (Å²) in [5, 5.41) is 11.5. The number of aromatic nitrogens is 4. The number of amidine groups is 1. The van der Waals surface area contributed by atoms with Crippen molar-refractivity contribution in [2.24, 2.45) is 4.99 Å². The Morgan fingerprint density at radius 3 is 2.85 bits per heavy atom. The molecule has 1 aliphatic rings. The predicted molar refractivity (Wildman–Crippen MR) is 127 cm³/mol. The number of thioether (sulfide) groups is 1. The second kappa shape index (κ2) is 9.87. The van der Waals surface area contributed by atoms with Gasteiger partial charge in [0, 0.05) is 30.0 Å². The first-order chi connectivity index (χ1) is 15.8. The van der Waals surface area contributed by atoms with Crippen molar-refractivity contribution >= 4 is 45.0 Å². The van der Waals surface area contributed by atoms with E-state index in [1.54, 1.807) is 16.5 Å². The number of rotatable bonds is 6. The molecular weight excluding hydrogens is 462 g/mol. The van der Waals surface area contributed by atoms with E-state index in [-0.39, 0.29) is 16.6 Å².